The molecule has 0 amide bonds. The van der Waals surface area contributed by atoms with Crippen LogP contribution in [0.25, 0.3) is 0 Å². The number of allylic oxidation sites excluding steroid dienone is 2. The normalized spacial score (nSPS) is 17.9. The number of sulfonamides is 1. The van der Waals surface area contributed by atoms with Gasteiger partial charge in [0, 0.05) is 25.0 Å². The molecule has 202 valence electrons. The van der Waals surface area contributed by atoms with Gasteiger partial charge in [0.25, 0.3) is 10.0 Å². The molecule has 11 heteroatoms. The molecule has 2 aromatic rings. The summed E-state index contributed by atoms with van der Waals surface area (Å²) < 4.78 is 75.2. The number of aryl methyl sites for hydroxylation is 1. The zero-order chi connectivity index (χ0) is 27.1. The van der Waals surface area contributed by atoms with Gasteiger partial charge >= 0.3 is 6.36 Å². The Hall–Kier alpha value is -3.05. The standard InChI is InChI=1S/C26H30F3NO6S/c1-2-35-24-15-18(7-5-12-23(32)22-11-4-3-8-19(22)17-31)13-14-25(24)37(33,34)30-20-9-6-10-21(16-20)36-26(27,28)29/h3-4,6,9-10,13-16,19,22,30-31H,2,5,7-8,11-12,17H2,1H3/t19-,22+/m1/s1. The van der Waals surface area contributed by atoms with Crippen LogP contribution < -0.4 is 14.2 Å². The van der Waals surface area contributed by atoms with Crippen LogP contribution in [0.1, 0.15) is 38.2 Å². The van der Waals surface area contributed by atoms with Gasteiger partial charge in [-0.2, -0.15) is 0 Å². The molecule has 0 fully saturated rings. The summed E-state index contributed by atoms with van der Waals surface area (Å²) in [6, 6.07) is 9.10. The smallest absolute Gasteiger partial charge is 0.492 e. The summed E-state index contributed by atoms with van der Waals surface area (Å²) in [4.78, 5) is 12.5. The van der Waals surface area contributed by atoms with E-state index in [2.05, 4.69) is 9.46 Å². The number of hydrogen-bond acceptors (Lipinski definition) is 6. The van der Waals surface area contributed by atoms with E-state index in [9.17, 15) is 31.5 Å². The maximum Gasteiger partial charge on any atom is 0.573 e. The Balaban J connectivity index is 1.69. The number of benzene rings is 2. The zero-order valence-corrected chi connectivity index (χ0v) is 21.1. The monoisotopic (exact) mass is 541 g/mol. The zero-order valence-electron chi connectivity index (χ0n) is 20.3. The molecule has 1 aliphatic rings. The molecule has 2 aromatic carbocycles. The van der Waals surface area contributed by atoms with Crippen molar-refractivity contribution in [2.75, 3.05) is 17.9 Å². The van der Waals surface area contributed by atoms with Gasteiger partial charge < -0.3 is 14.6 Å². The summed E-state index contributed by atoms with van der Waals surface area (Å²) in [5.41, 5.74) is 0.670. The Labute approximate surface area is 214 Å². The van der Waals surface area contributed by atoms with Crippen molar-refractivity contribution in [1.29, 1.82) is 0 Å². The molecule has 1 aliphatic carbocycles. The lowest BCUT2D eigenvalue weighted by Gasteiger charge is -2.25. The molecule has 7 nitrogen and oxygen atoms in total. The van der Waals surface area contributed by atoms with E-state index in [0.717, 1.165) is 17.7 Å². The Morgan fingerprint density at radius 3 is 2.59 bits per heavy atom. The van der Waals surface area contributed by atoms with E-state index < -0.39 is 22.1 Å². The molecule has 0 aromatic heterocycles. The number of Topliss-reactive ketones (excluding diaryl/α,β-unsaturated/α-hetero) is 1. The first-order chi connectivity index (χ1) is 17.5. The van der Waals surface area contributed by atoms with Crippen LogP contribution in [0, 0.1) is 11.8 Å². The number of aliphatic hydroxyl groups is 1. The van der Waals surface area contributed by atoms with Gasteiger partial charge in [0.2, 0.25) is 0 Å². The Morgan fingerprint density at radius 1 is 1.14 bits per heavy atom. The number of alkyl halides is 3. The molecular formula is C26H30F3NO6S. The molecule has 0 heterocycles. The van der Waals surface area contributed by atoms with E-state index in [0.29, 0.717) is 32.1 Å². The highest BCUT2D eigenvalue weighted by Crippen LogP contribution is 2.31. The van der Waals surface area contributed by atoms with Crippen molar-refractivity contribution >= 4 is 21.5 Å². The van der Waals surface area contributed by atoms with Crippen LogP contribution in [0.5, 0.6) is 11.5 Å². The molecule has 0 saturated heterocycles. The third kappa shape index (κ3) is 8.22. The van der Waals surface area contributed by atoms with Gasteiger partial charge in [-0.1, -0.05) is 24.3 Å². The van der Waals surface area contributed by atoms with Gasteiger partial charge in [-0.05, 0) is 68.4 Å². The summed E-state index contributed by atoms with van der Waals surface area (Å²) >= 11 is 0. The lowest BCUT2D eigenvalue weighted by molar-refractivity contribution is -0.274. The number of rotatable bonds is 12. The molecule has 37 heavy (non-hydrogen) atoms. The highest BCUT2D eigenvalue weighted by Gasteiger charge is 2.31. The first-order valence-corrected chi connectivity index (χ1v) is 13.4. The second-order valence-corrected chi connectivity index (χ2v) is 10.4. The number of ketones is 1. The average molecular weight is 542 g/mol. The molecule has 0 radical (unpaired) electrons. The fourth-order valence-corrected chi connectivity index (χ4v) is 5.46. The minimum absolute atomic E-state index is 0.0257. The van der Waals surface area contributed by atoms with Crippen molar-refractivity contribution in [2.45, 2.75) is 50.3 Å². The van der Waals surface area contributed by atoms with Crippen LogP contribution in [-0.4, -0.2) is 38.9 Å². The first kappa shape index (κ1) is 28.5. The van der Waals surface area contributed by atoms with Crippen molar-refractivity contribution in [1.82, 2.24) is 0 Å². The number of ether oxygens (including phenoxy) is 2. The number of halogens is 3. The Kier molecular flexibility index (Phi) is 9.61. The van der Waals surface area contributed by atoms with E-state index in [1.807, 2.05) is 12.2 Å². The maximum absolute atomic E-state index is 13.0. The minimum atomic E-state index is -4.91. The second kappa shape index (κ2) is 12.5. The van der Waals surface area contributed by atoms with Crippen LogP contribution in [0.2, 0.25) is 0 Å². The molecular weight excluding hydrogens is 511 g/mol. The Bertz CT molecular complexity index is 1210. The number of hydrogen-bond donors (Lipinski definition) is 2. The van der Waals surface area contributed by atoms with E-state index in [-0.39, 0.29) is 47.2 Å². The summed E-state index contributed by atoms with van der Waals surface area (Å²) in [6.45, 7) is 1.86. The fourth-order valence-electron chi connectivity index (χ4n) is 4.28. The van der Waals surface area contributed by atoms with Gasteiger partial charge in [0.15, 0.2) is 0 Å². The van der Waals surface area contributed by atoms with Gasteiger partial charge in [-0.25, -0.2) is 8.42 Å². The highest BCUT2D eigenvalue weighted by molar-refractivity contribution is 7.92. The summed E-state index contributed by atoms with van der Waals surface area (Å²) in [7, 11) is -4.20. The lowest BCUT2D eigenvalue weighted by atomic mass is 9.79. The molecule has 0 spiro atoms. The van der Waals surface area contributed by atoms with Crippen LogP contribution >= 0.6 is 0 Å². The van der Waals surface area contributed by atoms with Crippen molar-refractivity contribution in [3.63, 3.8) is 0 Å². The minimum Gasteiger partial charge on any atom is -0.492 e. The highest BCUT2D eigenvalue weighted by atomic mass is 32.2. The van der Waals surface area contributed by atoms with E-state index in [1.54, 1.807) is 19.1 Å². The van der Waals surface area contributed by atoms with Crippen LogP contribution in [-0.2, 0) is 21.2 Å². The fraction of sp³-hybridized carbons (Fsp3) is 0.423. The number of aliphatic hydroxyl groups excluding tert-OH is 1. The van der Waals surface area contributed by atoms with Gasteiger partial charge in [-0.15, -0.1) is 13.2 Å². The van der Waals surface area contributed by atoms with Crippen molar-refractivity contribution < 1.29 is 41.0 Å². The number of anilines is 1. The Morgan fingerprint density at radius 2 is 1.89 bits per heavy atom. The molecule has 0 unspecified atom stereocenters. The molecule has 0 saturated carbocycles. The summed E-state index contributed by atoms with van der Waals surface area (Å²) in [5, 5.41) is 9.53. The van der Waals surface area contributed by atoms with E-state index in [1.165, 1.54) is 18.2 Å². The molecule has 2 N–H and O–H groups in total. The number of carbonyl (C=O) groups excluding carboxylic acids is 1. The molecule has 3 rings (SSSR count). The quantitative estimate of drug-likeness (QED) is 0.356. The third-order valence-corrected chi connectivity index (χ3v) is 7.44. The van der Waals surface area contributed by atoms with Crippen molar-refractivity contribution in [3.05, 3.63) is 60.2 Å². The van der Waals surface area contributed by atoms with Crippen LogP contribution in [0.3, 0.4) is 0 Å². The third-order valence-electron chi connectivity index (χ3n) is 6.02. The topological polar surface area (TPSA) is 102 Å². The molecule has 0 aliphatic heterocycles. The summed E-state index contributed by atoms with van der Waals surface area (Å²) in [6.07, 6.45) is 1.78. The van der Waals surface area contributed by atoms with Crippen molar-refractivity contribution in [2.24, 2.45) is 11.8 Å². The van der Waals surface area contributed by atoms with Crippen molar-refractivity contribution in [3.8, 4) is 11.5 Å². The second-order valence-electron chi connectivity index (χ2n) is 8.71. The maximum atomic E-state index is 13.0. The lowest BCUT2D eigenvalue weighted by Crippen LogP contribution is -2.27. The average Bonchev–Trinajstić information content (AvgIpc) is 2.83. The van der Waals surface area contributed by atoms with E-state index >= 15 is 0 Å². The predicted molar refractivity (Wildman–Crippen MR) is 132 cm³/mol. The summed E-state index contributed by atoms with van der Waals surface area (Å²) in [5.74, 6) is -0.600. The van der Waals surface area contributed by atoms with Gasteiger partial charge in [0.1, 0.15) is 22.2 Å². The van der Waals surface area contributed by atoms with E-state index in [4.69, 9.17) is 4.74 Å². The number of nitrogens with one attached hydrogen (secondary N) is 1. The van der Waals surface area contributed by atoms with Crippen LogP contribution in [0.15, 0.2) is 59.5 Å². The largest absolute Gasteiger partial charge is 0.573 e. The molecule has 0 bridgehead atoms. The predicted octanol–water partition coefficient (Wildman–Crippen LogP) is 5.25. The SMILES string of the molecule is CCOc1cc(CCCC(=O)[C@H]2CC=CC[C@@H]2CO)ccc1S(=O)(=O)Nc1cccc(OC(F)(F)F)c1. The first-order valence-electron chi connectivity index (χ1n) is 12.0. The van der Waals surface area contributed by atoms with Crippen LogP contribution in [0.4, 0.5) is 18.9 Å². The van der Waals surface area contributed by atoms with Gasteiger partial charge in [-0.3, -0.25) is 9.52 Å². The van der Waals surface area contributed by atoms with Gasteiger partial charge in [0.05, 0.1) is 12.3 Å². The molecule has 2 atom stereocenters. The number of carbonyl (C=O) groups is 1.